The molecule has 2 aromatic carbocycles. The number of fused-ring (bicyclic) bond motifs is 1. The topological polar surface area (TPSA) is 80.5 Å². The summed E-state index contributed by atoms with van der Waals surface area (Å²) in [6.07, 6.45) is 3.64. The van der Waals surface area contributed by atoms with Crippen molar-refractivity contribution in [2.75, 3.05) is 25.0 Å². The molecule has 1 aliphatic rings. The number of carbonyl (C=O) groups excluding carboxylic acids is 1. The summed E-state index contributed by atoms with van der Waals surface area (Å²) in [6.45, 7) is 6.35. The van der Waals surface area contributed by atoms with Crippen LogP contribution in [0.1, 0.15) is 47.3 Å². The maximum Gasteiger partial charge on any atom is 0.259 e. The van der Waals surface area contributed by atoms with Crippen molar-refractivity contribution in [2.45, 2.75) is 32.6 Å². The molecular weight excluding hydrogens is 497 g/mol. The molecule has 2 aromatic heterocycles. The first kappa shape index (κ1) is 25.9. The molecule has 36 heavy (non-hydrogen) atoms. The molecular formula is C27H29Cl2N5O2. The summed E-state index contributed by atoms with van der Waals surface area (Å²) in [5, 5.41) is 11.6. The number of hydrogen-bond acceptors (Lipinski definition) is 5. The third-order valence-corrected chi connectivity index (χ3v) is 6.60. The van der Waals surface area contributed by atoms with Crippen LogP contribution in [0, 0.1) is 6.92 Å². The van der Waals surface area contributed by atoms with Gasteiger partial charge in [-0.25, -0.2) is 9.50 Å². The van der Waals surface area contributed by atoms with Crippen molar-refractivity contribution < 1.29 is 9.53 Å². The summed E-state index contributed by atoms with van der Waals surface area (Å²) in [6, 6.07) is 15.4. The van der Waals surface area contributed by atoms with E-state index in [1.165, 1.54) is 0 Å². The SMILES string of the molecule is CCOc1ccc(-c2cc3nc(C4CCNCC4)c(C(=O)Nc4ccc(C)cc4Cl)cn3n2)cc1.Cl. The van der Waals surface area contributed by atoms with Crippen molar-refractivity contribution in [3.63, 3.8) is 0 Å². The van der Waals surface area contributed by atoms with Gasteiger partial charge in [0, 0.05) is 23.7 Å². The smallest absolute Gasteiger partial charge is 0.259 e. The van der Waals surface area contributed by atoms with E-state index in [9.17, 15) is 4.79 Å². The van der Waals surface area contributed by atoms with Crippen molar-refractivity contribution in [2.24, 2.45) is 0 Å². The highest BCUT2D eigenvalue weighted by Gasteiger charge is 2.25. The van der Waals surface area contributed by atoms with E-state index in [1.54, 1.807) is 10.7 Å². The second-order valence-corrected chi connectivity index (χ2v) is 9.20. The minimum absolute atomic E-state index is 0. The lowest BCUT2D eigenvalue weighted by atomic mass is 9.91. The van der Waals surface area contributed by atoms with Gasteiger partial charge in [-0.3, -0.25) is 4.79 Å². The zero-order valence-electron chi connectivity index (χ0n) is 20.3. The molecule has 1 amide bonds. The lowest BCUT2D eigenvalue weighted by Crippen LogP contribution is -2.29. The van der Waals surface area contributed by atoms with Crippen LogP contribution < -0.4 is 15.4 Å². The number of aromatic nitrogens is 3. The van der Waals surface area contributed by atoms with Crippen LogP contribution in [0.5, 0.6) is 5.75 Å². The van der Waals surface area contributed by atoms with Gasteiger partial charge in [0.2, 0.25) is 0 Å². The number of carbonyl (C=O) groups is 1. The summed E-state index contributed by atoms with van der Waals surface area (Å²) < 4.78 is 7.23. The summed E-state index contributed by atoms with van der Waals surface area (Å²) in [5.74, 6) is 0.774. The quantitative estimate of drug-likeness (QED) is 0.327. The second kappa shape index (κ2) is 11.3. The number of ether oxygens (including phenoxy) is 1. The van der Waals surface area contributed by atoms with Crippen LogP contribution in [-0.4, -0.2) is 40.2 Å². The number of aryl methyl sites for hydroxylation is 1. The van der Waals surface area contributed by atoms with Crippen molar-refractivity contribution in [1.82, 2.24) is 19.9 Å². The Bertz CT molecular complexity index is 1360. The molecule has 0 radical (unpaired) electrons. The molecule has 1 saturated heterocycles. The molecule has 1 fully saturated rings. The fraction of sp³-hybridized carbons (Fsp3) is 0.296. The minimum Gasteiger partial charge on any atom is -0.494 e. The molecule has 0 saturated carbocycles. The van der Waals surface area contributed by atoms with Gasteiger partial charge in [-0.05, 0) is 81.7 Å². The fourth-order valence-electron chi connectivity index (χ4n) is 4.46. The van der Waals surface area contributed by atoms with Gasteiger partial charge >= 0.3 is 0 Å². The number of rotatable bonds is 6. The zero-order chi connectivity index (χ0) is 24.4. The highest BCUT2D eigenvalue weighted by Crippen LogP contribution is 2.30. The molecule has 9 heteroatoms. The summed E-state index contributed by atoms with van der Waals surface area (Å²) in [4.78, 5) is 18.4. The molecule has 3 heterocycles. The van der Waals surface area contributed by atoms with E-state index >= 15 is 0 Å². The first-order chi connectivity index (χ1) is 17.0. The molecule has 5 rings (SSSR count). The van der Waals surface area contributed by atoms with Crippen LogP contribution in [0.25, 0.3) is 16.9 Å². The average molecular weight is 526 g/mol. The maximum absolute atomic E-state index is 13.5. The Balaban J connectivity index is 0.00000304. The number of hydrogen-bond donors (Lipinski definition) is 2. The molecule has 2 N–H and O–H groups in total. The average Bonchev–Trinajstić information content (AvgIpc) is 3.29. The minimum atomic E-state index is -0.239. The lowest BCUT2D eigenvalue weighted by Gasteiger charge is -2.24. The summed E-state index contributed by atoms with van der Waals surface area (Å²) in [7, 11) is 0. The monoisotopic (exact) mass is 525 g/mol. The predicted octanol–water partition coefficient (Wildman–Crippen LogP) is 5.90. The normalized spacial score (nSPS) is 13.9. The molecule has 0 unspecified atom stereocenters. The molecule has 0 atom stereocenters. The van der Waals surface area contributed by atoms with E-state index in [1.807, 2.05) is 62.4 Å². The van der Waals surface area contributed by atoms with Crippen LogP contribution in [0.2, 0.25) is 5.02 Å². The van der Waals surface area contributed by atoms with Crippen LogP contribution >= 0.6 is 24.0 Å². The van der Waals surface area contributed by atoms with Gasteiger partial charge in [0.1, 0.15) is 5.75 Å². The molecule has 188 valence electrons. The Hall–Kier alpha value is -3.13. The molecule has 0 bridgehead atoms. The van der Waals surface area contributed by atoms with E-state index in [0.29, 0.717) is 28.5 Å². The molecule has 0 aliphatic carbocycles. The van der Waals surface area contributed by atoms with Crippen molar-refractivity contribution >= 4 is 41.2 Å². The standard InChI is InChI=1S/C27H28ClN5O2.ClH/c1-3-35-20-7-5-18(6-8-20)24-15-25-31-26(19-10-12-29-13-11-19)21(16-33(25)32-24)27(34)30-23-9-4-17(2)14-22(23)28;/h4-9,14-16,19,29H,3,10-13H2,1-2H3,(H,30,34);1H. The van der Waals surface area contributed by atoms with Crippen LogP contribution in [-0.2, 0) is 0 Å². The number of anilines is 1. The lowest BCUT2D eigenvalue weighted by molar-refractivity contribution is 0.102. The van der Waals surface area contributed by atoms with E-state index in [0.717, 1.165) is 54.2 Å². The van der Waals surface area contributed by atoms with Gasteiger partial charge in [-0.1, -0.05) is 17.7 Å². The summed E-state index contributed by atoms with van der Waals surface area (Å²) >= 11 is 6.38. The van der Waals surface area contributed by atoms with Gasteiger partial charge in [0.15, 0.2) is 5.65 Å². The predicted molar refractivity (Wildman–Crippen MR) is 146 cm³/mol. The van der Waals surface area contributed by atoms with Crippen molar-refractivity contribution in [3.05, 3.63) is 76.6 Å². The highest BCUT2D eigenvalue weighted by molar-refractivity contribution is 6.34. The molecule has 4 aromatic rings. The first-order valence-electron chi connectivity index (χ1n) is 11.9. The van der Waals surface area contributed by atoms with E-state index in [4.69, 9.17) is 26.4 Å². The first-order valence-corrected chi connectivity index (χ1v) is 12.3. The highest BCUT2D eigenvalue weighted by atomic mass is 35.5. The Morgan fingerprint density at radius 2 is 1.92 bits per heavy atom. The second-order valence-electron chi connectivity index (χ2n) is 8.79. The third kappa shape index (κ3) is 5.48. The Labute approximate surface area is 221 Å². The number of nitrogens with zero attached hydrogens (tertiary/aromatic N) is 3. The van der Waals surface area contributed by atoms with Crippen LogP contribution in [0.15, 0.2) is 54.7 Å². The van der Waals surface area contributed by atoms with E-state index in [-0.39, 0.29) is 24.2 Å². The summed E-state index contributed by atoms with van der Waals surface area (Å²) in [5.41, 5.74) is 5.39. The number of nitrogens with one attached hydrogen (secondary N) is 2. The molecule has 0 spiro atoms. The van der Waals surface area contributed by atoms with Crippen LogP contribution in [0.3, 0.4) is 0 Å². The van der Waals surface area contributed by atoms with Gasteiger partial charge in [-0.2, -0.15) is 5.10 Å². The van der Waals surface area contributed by atoms with Crippen molar-refractivity contribution in [1.29, 1.82) is 0 Å². The fourth-order valence-corrected chi connectivity index (χ4v) is 4.74. The molecule has 1 aliphatic heterocycles. The maximum atomic E-state index is 13.5. The number of piperidine rings is 1. The molecule has 7 nitrogen and oxygen atoms in total. The Kier molecular flexibility index (Phi) is 8.14. The van der Waals surface area contributed by atoms with Gasteiger partial charge in [0.25, 0.3) is 5.91 Å². The largest absolute Gasteiger partial charge is 0.494 e. The van der Waals surface area contributed by atoms with Crippen molar-refractivity contribution in [3.8, 4) is 17.0 Å². The Morgan fingerprint density at radius 1 is 1.17 bits per heavy atom. The van der Waals surface area contributed by atoms with Gasteiger partial charge in [-0.15, -0.1) is 12.4 Å². The number of benzene rings is 2. The van der Waals surface area contributed by atoms with Crippen LogP contribution in [0.4, 0.5) is 5.69 Å². The van der Waals surface area contributed by atoms with Gasteiger partial charge < -0.3 is 15.4 Å². The number of halogens is 2. The van der Waals surface area contributed by atoms with Gasteiger partial charge in [0.05, 0.1) is 34.3 Å². The Morgan fingerprint density at radius 3 is 2.61 bits per heavy atom. The third-order valence-electron chi connectivity index (χ3n) is 6.28. The number of amides is 1. The van der Waals surface area contributed by atoms with E-state index < -0.39 is 0 Å². The zero-order valence-corrected chi connectivity index (χ0v) is 21.8. The van der Waals surface area contributed by atoms with E-state index in [2.05, 4.69) is 10.6 Å².